The van der Waals surface area contributed by atoms with Crippen LogP contribution < -0.4 is 4.90 Å². The number of nitro groups is 1. The van der Waals surface area contributed by atoms with Gasteiger partial charge in [-0.3, -0.25) is 10.1 Å². The van der Waals surface area contributed by atoms with E-state index in [9.17, 15) is 18.5 Å². The number of hydrogen-bond donors (Lipinski definition) is 0. The molecule has 2 aromatic carbocycles. The Balaban J connectivity index is 1.48. The quantitative estimate of drug-likeness (QED) is 0.331. The van der Waals surface area contributed by atoms with E-state index < -0.39 is 20.6 Å². The first kappa shape index (κ1) is 23.2. The molecule has 8 nitrogen and oxygen atoms in total. The van der Waals surface area contributed by atoms with Gasteiger partial charge in [-0.05, 0) is 30.3 Å². The van der Waals surface area contributed by atoms with Crippen molar-refractivity contribution in [2.75, 3.05) is 31.1 Å². The lowest BCUT2D eigenvalue weighted by atomic mass is 10.2. The van der Waals surface area contributed by atoms with E-state index in [1.54, 1.807) is 18.2 Å². The molecule has 0 bridgehead atoms. The van der Waals surface area contributed by atoms with Crippen LogP contribution in [0.4, 0.5) is 10.8 Å². The molecule has 1 fully saturated rings. The van der Waals surface area contributed by atoms with Gasteiger partial charge < -0.3 is 4.90 Å². The summed E-state index contributed by atoms with van der Waals surface area (Å²) in [5.41, 5.74) is 1.04. The van der Waals surface area contributed by atoms with Crippen LogP contribution in [0, 0.1) is 10.1 Å². The van der Waals surface area contributed by atoms with E-state index in [0.717, 1.165) is 22.5 Å². The van der Waals surface area contributed by atoms with E-state index in [-0.39, 0.29) is 23.0 Å². The zero-order valence-corrected chi connectivity index (χ0v) is 20.1. The monoisotopic (exact) mass is 532 g/mol. The van der Waals surface area contributed by atoms with Crippen LogP contribution in [0.15, 0.2) is 46.7 Å². The summed E-state index contributed by atoms with van der Waals surface area (Å²) in [6.45, 7) is 1.29. The fourth-order valence-corrected chi connectivity index (χ4v) is 6.31. The third kappa shape index (κ3) is 4.57. The van der Waals surface area contributed by atoms with Crippen LogP contribution in [0.1, 0.15) is 0 Å². The minimum Gasteiger partial charge on any atom is -0.345 e. The van der Waals surface area contributed by atoms with Crippen LogP contribution in [0.25, 0.3) is 11.3 Å². The van der Waals surface area contributed by atoms with Gasteiger partial charge in [0.1, 0.15) is 5.02 Å². The van der Waals surface area contributed by atoms with Crippen LogP contribution in [0.5, 0.6) is 0 Å². The standard InChI is InChI=1S/C19H15Cl3N4O4S2/c20-12-1-3-14(16(22)9-12)17-11-31-19(23-17)24-5-7-25(8-6-24)32(29,30)13-2-4-15(21)18(10-13)26(27)28/h1-4,9-11H,5-8H2. The number of anilines is 1. The lowest BCUT2D eigenvalue weighted by molar-refractivity contribution is -0.384. The molecule has 0 unspecified atom stereocenters. The first-order valence-electron chi connectivity index (χ1n) is 9.27. The normalized spacial score (nSPS) is 15.2. The number of aromatic nitrogens is 1. The van der Waals surface area contributed by atoms with Gasteiger partial charge in [0, 0.05) is 48.2 Å². The summed E-state index contributed by atoms with van der Waals surface area (Å²) in [6.07, 6.45) is 0. The molecule has 168 valence electrons. The molecule has 0 spiro atoms. The Labute approximate surface area is 203 Å². The van der Waals surface area contributed by atoms with Gasteiger partial charge in [-0.25, -0.2) is 13.4 Å². The molecular formula is C19H15Cl3N4O4S2. The number of halogens is 3. The molecular weight excluding hydrogens is 519 g/mol. The highest BCUT2D eigenvalue weighted by Crippen LogP contribution is 2.34. The topological polar surface area (TPSA) is 96.6 Å². The number of hydrogen-bond acceptors (Lipinski definition) is 7. The van der Waals surface area contributed by atoms with Crippen LogP contribution >= 0.6 is 46.1 Å². The van der Waals surface area contributed by atoms with Crippen LogP contribution in [-0.2, 0) is 10.0 Å². The van der Waals surface area contributed by atoms with E-state index in [1.165, 1.54) is 27.8 Å². The molecule has 32 heavy (non-hydrogen) atoms. The molecule has 0 atom stereocenters. The molecule has 0 saturated carbocycles. The van der Waals surface area contributed by atoms with Crippen molar-refractivity contribution >= 4 is 67.0 Å². The lowest BCUT2D eigenvalue weighted by Crippen LogP contribution is -2.48. The van der Waals surface area contributed by atoms with Crippen molar-refractivity contribution in [3.63, 3.8) is 0 Å². The average molecular weight is 534 g/mol. The van der Waals surface area contributed by atoms with E-state index in [0.29, 0.717) is 23.1 Å². The molecule has 3 aromatic rings. The molecule has 2 heterocycles. The lowest BCUT2D eigenvalue weighted by Gasteiger charge is -2.33. The summed E-state index contributed by atoms with van der Waals surface area (Å²) in [5, 5.41) is 14.7. The molecule has 0 aliphatic carbocycles. The Morgan fingerprint density at radius 3 is 2.38 bits per heavy atom. The maximum absolute atomic E-state index is 13.0. The van der Waals surface area contributed by atoms with Gasteiger partial charge in [0.25, 0.3) is 5.69 Å². The van der Waals surface area contributed by atoms with Crippen molar-refractivity contribution in [1.29, 1.82) is 0 Å². The molecule has 13 heteroatoms. The summed E-state index contributed by atoms with van der Waals surface area (Å²) < 4.78 is 27.3. The number of thiazole rings is 1. The summed E-state index contributed by atoms with van der Waals surface area (Å²) in [6, 6.07) is 8.70. The smallest absolute Gasteiger partial charge is 0.289 e. The summed E-state index contributed by atoms with van der Waals surface area (Å²) in [7, 11) is -3.89. The molecule has 0 N–H and O–H groups in total. The Morgan fingerprint density at radius 1 is 1.00 bits per heavy atom. The van der Waals surface area contributed by atoms with Gasteiger partial charge in [0.15, 0.2) is 5.13 Å². The molecule has 4 rings (SSSR count). The summed E-state index contributed by atoms with van der Waals surface area (Å²) in [5.74, 6) is 0. The number of sulfonamides is 1. The van der Waals surface area contributed by atoms with Crippen molar-refractivity contribution in [3.8, 4) is 11.3 Å². The van der Waals surface area contributed by atoms with Crippen molar-refractivity contribution in [3.05, 3.63) is 67.0 Å². The molecule has 1 aliphatic heterocycles. The summed E-state index contributed by atoms with van der Waals surface area (Å²) in [4.78, 5) is 16.9. The predicted molar refractivity (Wildman–Crippen MR) is 127 cm³/mol. The minimum atomic E-state index is -3.89. The van der Waals surface area contributed by atoms with Gasteiger partial charge in [-0.1, -0.05) is 34.8 Å². The Kier molecular flexibility index (Phi) is 6.62. The predicted octanol–water partition coefficient (Wildman–Crippen LogP) is 5.19. The van der Waals surface area contributed by atoms with Crippen molar-refractivity contribution in [2.45, 2.75) is 4.90 Å². The maximum atomic E-state index is 13.0. The third-order valence-electron chi connectivity index (χ3n) is 4.96. The Bertz CT molecular complexity index is 1290. The van der Waals surface area contributed by atoms with Crippen molar-refractivity contribution < 1.29 is 13.3 Å². The SMILES string of the molecule is O=[N+]([O-])c1cc(S(=O)(=O)N2CCN(c3nc(-c4ccc(Cl)cc4Cl)cs3)CC2)ccc1Cl. The van der Waals surface area contributed by atoms with Gasteiger partial charge in [-0.15, -0.1) is 11.3 Å². The molecule has 0 amide bonds. The highest BCUT2D eigenvalue weighted by atomic mass is 35.5. The summed E-state index contributed by atoms with van der Waals surface area (Å²) >= 11 is 19.5. The van der Waals surface area contributed by atoms with E-state index in [4.69, 9.17) is 34.8 Å². The number of nitro benzene ring substituents is 1. The zero-order chi connectivity index (χ0) is 23.0. The van der Waals surface area contributed by atoms with Crippen LogP contribution in [0.3, 0.4) is 0 Å². The molecule has 1 aliphatic rings. The van der Waals surface area contributed by atoms with Crippen LogP contribution in [0.2, 0.25) is 15.1 Å². The van der Waals surface area contributed by atoms with E-state index in [1.807, 2.05) is 10.3 Å². The van der Waals surface area contributed by atoms with Gasteiger partial charge >= 0.3 is 0 Å². The minimum absolute atomic E-state index is 0.112. The average Bonchev–Trinajstić information content (AvgIpc) is 3.23. The number of piperazine rings is 1. The van der Waals surface area contributed by atoms with E-state index in [2.05, 4.69) is 4.98 Å². The maximum Gasteiger partial charge on any atom is 0.289 e. The second kappa shape index (κ2) is 9.12. The highest BCUT2D eigenvalue weighted by molar-refractivity contribution is 7.89. The van der Waals surface area contributed by atoms with Gasteiger partial charge in [0.05, 0.1) is 20.5 Å². The molecule has 1 aromatic heterocycles. The second-order valence-electron chi connectivity index (χ2n) is 6.90. The van der Waals surface area contributed by atoms with Crippen molar-refractivity contribution in [1.82, 2.24) is 9.29 Å². The fraction of sp³-hybridized carbons (Fsp3) is 0.211. The van der Waals surface area contributed by atoms with E-state index >= 15 is 0 Å². The van der Waals surface area contributed by atoms with Crippen molar-refractivity contribution in [2.24, 2.45) is 0 Å². The Morgan fingerprint density at radius 2 is 1.72 bits per heavy atom. The second-order valence-corrected chi connectivity index (χ2v) is 10.9. The first-order chi connectivity index (χ1) is 15.2. The third-order valence-corrected chi connectivity index (χ3v) is 8.62. The molecule has 0 radical (unpaired) electrons. The number of nitrogens with zero attached hydrogens (tertiary/aromatic N) is 4. The zero-order valence-electron chi connectivity index (χ0n) is 16.2. The highest BCUT2D eigenvalue weighted by Gasteiger charge is 2.31. The number of benzene rings is 2. The van der Waals surface area contributed by atoms with Gasteiger partial charge in [0.2, 0.25) is 10.0 Å². The van der Waals surface area contributed by atoms with Gasteiger partial charge in [-0.2, -0.15) is 4.31 Å². The first-order valence-corrected chi connectivity index (χ1v) is 12.7. The fourth-order valence-electron chi connectivity index (χ4n) is 3.29. The largest absolute Gasteiger partial charge is 0.345 e. The molecule has 1 saturated heterocycles. The number of rotatable bonds is 5. The Hall–Kier alpha value is -1.95. The van der Waals surface area contributed by atoms with Crippen LogP contribution in [-0.4, -0.2) is 48.8 Å².